The third-order valence-electron chi connectivity index (χ3n) is 2.54. The van der Waals surface area contributed by atoms with Gasteiger partial charge >= 0.3 is 0 Å². The molecule has 1 amide bonds. The highest BCUT2D eigenvalue weighted by atomic mass is 16.4. The zero-order valence-electron chi connectivity index (χ0n) is 8.95. The van der Waals surface area contributed by atoms with Crippen LogP contribution < -0.4 is 0 Å². The van der Waals surface area contributed by atoms with Crippen LogP contribution in [0.4, 0.5) is 0 Å². The summed E-state index contributed by atoms with van der Waals surface area (Å²) in [5.41, 5.74) is 0.828. The summed E-state index contributed by atoms with van der Waals surface area (Å²) in [7, 11) is 0. The molecule has 0 aromatic heterocycles. The summed E-state index contributed by atoms with van der Waals surface area (Å²) in [6.45, 7) is 0.529. The molecule has 0 bridgehead atoms. The SMILES string of the molecule is O=C1C(=N/O)/C(=N\O)CN1Cc1ccccc1. The Morgan fingerprint density at radius 3 is 2.41 bits per heavy atom. The van der Waals surface area contributed by atoms with E-state index < -0.39 is 5.91 Å². The van der Waals surface area contributed by atoms with Crippen molar-refractivity contribution in [3.05, 3.63) is 35.9 Å². The van der Waals surface area contributed by atoms with Crippen LogP contribution in [0, 0.1) is 0 Å². The van der Waals surface area contributed by atoms with Crippen molar-refractivity contribution in [2.24, 2.45) is 10.3 Å². The minimum atomic E-state index is -0.441. The lowest BCUT2D eigenvalue weighted by Crippen LogP contribution is -2.26. The fourth-order valence-electron chi connectivity index (χ4n) is 1.71. The van der Waals surface area contributed by atoms with Gasteiger partial charge in [-0.15, -0.1) is 0 Å². The molecule has 1 aliphatic rings. The molecule has 1 fully saturated rings. The van der Waals surface area contributed by atoms with Crippen molar-refractivity contribution < 1.29 is 15.2 Å². The summed E-state index contributed by atoms with van der Waals surface area (Å²) in [6, 6.07) is 9.40. The quantitative estimate of drug-likeness (QED) is 0.582. The molecule has 1 saturated heterocycles. The van der Waals surface area contributed by atoms with Crippen molar-refractivity contribution in [3.8, 4) is 0 Å². The maximum Gasteiger partial charge on any atom is 0.278 e. The minimum Gasteiger partial charge on any atom is -0.411 e. The monoisotopic (exact) mass is 233 g/mol. The Morgan fingerprint density at radius 1 is 1.18 bits per heavy atom. The van der Waals surface area contributed by atoms with Gasteiger partial charge in [0.05, 0.1) is 6.54 Å². The van der Waals surface area contributed by atoms with Gasteiger partial charge in [0, 0.05) is 6.54 Å². The number of nitrogens with zero attached hydrogens (tertiary/aromatic N) is 3. The number of hydrogen-bond acceptors (Lipinski definition) is 5. The van der Waals surface area contributed by atoms with Crippen LogP contribution in [0.1, 0.15) is 5.56 Å². The number of likely N-dealkylation sites (tertiary alicyclic amines) is 1. The fraction of sp³-hybridized carbons (Fsp3) is 0.182. The molecule has 1 aromatic carbocycles. The first kappa shape index (κ1) is 11.1. The average Bonchev–Trinajstić information content (AvgIpc) is 2.67. The molecular formula is C11H11N3O3. The largest absolute Gasteiger partial charge is 0.411 e. The van der Waals surface area contributed by atoms with Crippen LogP contribution in [0.5, 0.6) is 0 Å². The third kappa shape index (κ3) is 2.10. The molecule has 17 heavy (non-hydrogen) atoms. The number of oxime groups is 2. The summed E-state index contributed by atoms with van der Waals surface area (Å²) in [5, 5.41) is 23.1. The van der Waals surface area contributed by atoms with Crippen LogP contribution in [-0.2, 0) is 11.3 Å². The van der Waals surface area contributed by atoms with Gasteiger partial charge in [0.2, 0.25) is 0 Å². The van der Waals surface area contributed by atoms with Gasteiger partial charge in [-0.1, -0.05) is 40.6 Å². The normalized spacial score (nSPS) is 20.5. The van der Waals surface area contributed by atoms with Crippen LogP contribution in [0.15, 0.2) is 40.6 Å². The second-order valence-electron chi connectivity index (χ2n) is 3.64. The van der Waals surface area contributed by atoms with E-state index in [4.69, 9.17) is 10.4 Å². The van der Waals surface area contributed by atoms with Crippen LogP contribution in [0.3, 0.4) is 0 Å². The molecule has 6 heteroatoms. The number of amides is 1. The number of carbonyl (C=O) groups is 1. The Labute approximate surface area is 97.5 Å². The Kier molecular flexibility index (Phi) is 3.04. The number of benzene rings is 1. The van der Waals surface area contributed by atoms with Gasteiger partial charge in [0.1, 0.15) is 5.71 Å². The maximum atomic E-state index is 11.8. The first-order valence-electron chi connectivity index (χ1n) is 5.03. The highest BCUT2D eigenvalue weighted by Gasteiger charge is 2.34. The number of hydrogen-bond donors (Lipinski definition) is 2. The van der Waals surface area contributed by atoms with E-state index in [1.165, 1.54) is 4.90 Å². The average molecular weight is 233 g/mol. The predicted molar refractivity (Wildman–Crippen MR) is 60.3 cm³/mol. The molecule has 0 atom stereocenters. The molecule has 2 rings (SSSR count). The molecule has 0 aliphatic carbocycles. The van der Waals surface area contributed by atoms with Crippen LogP contribution in [0.25, 0.3) is 0 Å². The molecule has 1 aromatic rings. The van der Waals surface area contributed by atoms with Gasteiger partial charge in [-0.2, -0.15) is 0 Å². The predicted octanol–water partition coefficient (Wildman–Crippen LogP) is 0.689. The van der Waals surface area contributed by atoms with E-state index in [0.717, 1.165) is 5.56 Å². The van der Waals surface area contributed by atoms with E-state index in [-0.39, 0.29) is 18.0 Å². The Morgan fingerprint density at radius 2 is 1.88 bits per heavy atom. The van der Waals surface area contributed by atoms with Crippen molar-refractivity contribution in [1.82, 2.24) is 4.90 Å². The number of carbonyl (C=O) groups excluding carboxylic acids is 1. The smallest absolute Gasteiger partial charge is 0.278 e. The van der Waals surface area contributed by atoms with Crippen LogP contribution in [-0.4, -0.2) is 39.2 Å². The molecule has 0 spiro atoms. The molecular weight excluding hydrogens is 222 g/mol. The summed E-state index contributed by atoms with van der Waals surface area (Å²) in [4.78, 5) is 13.2. The van der Waals surface area contributed by atoms with Gasteiger partial charge in [-0.25, -0.2) is 0 Å². The van der Waals surface area contributed by atoms with E-state index in [0.29, 0.717) is 6.54 Å². The van der Waals surface area contributed by atoms with Gasteiger partial charge in [0.15, 0.2) is 5.71 Å². The van der Waals surface area contributed by atoms with Gasteiger partial charge in [-0.3, -0.25) is 4.79 Å². The summed E-state index contributed by atoms with van der Waals surface area (Å²) < 4.78 is 0. The Bertz CT molecular complexity index is 482. The molecule has 88 valence electrons. The first-order chi connectivity index (χ1) is 8.26. The third-order valence-corrected chi connectivity index (χ3v) is 2.54. The lowest BCUT2D eigenvalue weighted by molar-refractivity contribution is -0.123. The fourth-order valence-corrected chi connectivity index (χ4v) is 1.71. The van der Waals surface area contributed by atoms with Crippen molar-refractivity contribution in [2.45, 2.75) is 6.54 Å². The van der Waals surface area contributed by atoms with Gasteiger partial charge < -0.3 is 15.3 Å². The lowest BCUT2D eigenvalue weighted by Gasteiger charge is -2.13. The first-order valence-corrected chi connectivity index (χ1v) is 5.03. The van der Waals surface area contributed by atoms with Crippen molar-refractivity contribution in [3.63, 3.8) is 0 Å². The van der Waals surface area contributed by atoms with E-state index >= 15 is 0 Å². The summed E-state index contributed by atoms with van der Waals surface area (Å²) in [6.07, 6.45) is 0. The van der Waals surface area contributed by atoms with Gasteiger partial charge in [-0.05, 0) is 5.56 Å². The highest BCUT2D eigenvalue weighted by Crippen LogP contribution is 2.11. The topological polar surface area (TPSA) is 85.5 Å². The molecule has 0 unspecified atom stereocenters. The molecule has 0 radical (unpaired) electrons. The van der Waals surface area contributed by atoms with E-state index in [1.54, 1.807) is 0 Å². The highest BCUT2D eigenvalue weighted by molar-refractivity contribution is 6.70. The minimum absolute atomic E-state index is 0.0773. The second kappa shape index (κ2) is 4.65. The molecule has 0 saturated carbocycles. The van der Waals surface area contributed by atoms with Crippen LogP contribution in [0.2, 0.25) is 0 Å². The summed E-state index contributed by atoms with van der Waals surface area (Å²) in [5.74, 6) is -0.441. The van der Waals surface area contributed by atoms with E-state index in [2.05, 4.69) is 10.3 Å². The zero-order valence-corrected chi connectivity index (χ0v) is 8.95. The Hall–Kier alpha value is -2.37. The van der Waals surface area contributed by atoms with Crippen molar-refractivity contribution in [1.29, 1.82) is 0 Å². The molecule has 2 N–H and O–H groups in total. The van der Waals surface area contributed by atoms with E-state index in [1.807, 2.05) is 30.3 Å². The second-order valence-corrected chi connectivity index (χ2v) is 3.64. The van der Waals surface area contributed by atoms with Crippen molar-refractivity contribution in [2.75, 3.05) is 6.54 Å². The molecule has 1 heterocycles. The van der Waals surface area contributed by atoms with E-state index in [9.17, 15) is 4.79 Å². The van der Waals surface area contributed by atoms with Crippen LogP contribution >= 0.6 is 0 Å². The zero-order chi connectivity index (χ0) is 12.3. The Balaban J connectivity index is 2.18. The lowest BCUT2D eigenvalue weighted by atomic mass is 10.2. The molecule has 1 aliphatic heterocycles. The number of rotatable bonds is 2. The van der Waals surface area contributed by atoms with Gasteiger partial charge in [0.25, 0.3) is 5.91 Å². The standard InChI is InChI=1S/C11H11N3O3/c15-11-10(13-17)9(12-16)7-14(11)6-8-4-2-1-3-5-8/h1-5,16-17H,6-7H2/b12-9-,13-10+. The maximum absolute atomic E-state index is 11.8. The summed E-state index contributed by atoms with van der Waals surface area (Å²) >= 11 is 0. The molecule has 6 nitrogen and oxygen atoms in total. The van der Waals surface area contributed by atoms with Crippen molar-refractivity contribution >= 4 is 17.3 Å².